The smallest absolute Gasteiger partial charge is 0.0841 e. The van der Waals surface area contributed by atoms with Gasteiger partial charge in [0.15, 0.2) is 0 Å². The quantitative estimate of drug-likeness (QED) is 0.895. The monoisotopic (exact) mass is 285 g/mol. The van der Waals surface area contributed by atoms with Crippen LogP contribution in [0.15, 0.2) is 24.3 Å². The summed E-state index contributed by atoms with van der Waals surface area (Å²) in [5.74, 6) is 0.961. The van der Waals surface area contributed by atoms with Gasteiger partial charge in [-0.25, -0.2) is 0 Å². The second-order valence-corrected chi connectivity index (χ2v) is 6.29. The van der Waals surface area contributed by atoms with Crippen molar-refractivity contribution in [2.45, 2.75) is 65.1 Å². The Labute approximate surface area is 127 Å². The molecule has 0 atom stereocenters. The van der Waals surface area contributed by atoms with E-state index in [0.717, 1.165) is 19.0 Å². The molecule has 2 aromatic rings. The van der Waals surface area contributed by atoms with Crippen LogP contribution in [0.25, 0.3) is 10.9 Å². The molecule has 0 unspecified atom stereocenters. The van der Waals surface area contributed by atoms with Gasteiger partial charge >= 0.3 is 0 Å². The lowest BCUT2D eigenvalue weighted by atomic mass is 9.84. The molecule has 114 valence electrons. The van der Waals surface area contributed by atoms with Crippen molar-refractivity contribution >= 4 is 10.9 Å². The van der Waals surface area contributed by atoms with Crippen molar-refractivity contribution in [1.82, 2.24) is 15.1 Å². The van der Waals surface area contributed by atoms with Gasteiger partial charge in [0, 0.05) is 24.5 Å². The number of rotatable bonds is 5. The summed E-state index contributed by atoms with van der Waals surface area (Å²) in [4.78, 5) is 0. The first-order valence-electron chi connectivity index (χ1n) is 8.49. The Balaban J connectivity index is 1.66. The van der Waals surface area contributed by atoms with E-state index in [-0.39, 0.29) is 0 Å². The molecule has 0 amide bonds. The number of fused-ring (bicyclic) bond motifs is 1. The fourth-order valence-electron chi connectivity index (χ4n) is 3.58. The van der Waals surface area contributed by atoms with Gasteiger partial charge < -0.3 is 5.32 Å². The molecule has 0 saturated heterocycles. The summed E-state index contributed by atoms with van der Waals surface area (Å²) in [7, 11) is 0. The van der Waals surface area contributed by atoms with Crippen molar-refractivity contribution in [3.8, 4) is 0 Å². The van der Waals surface area contributed by atoms with Gasteiger partial charge in [-0.1, -0.05) is 31.5 Å². The van der Waals surface area contributed by atoms with E-state index in [9.17, 15) is 0 Å². The summed E-state index contributed by atoms with van der Waals surface area (Å²) >= 11 is 0. The van der Waals surface area contributed by atoms with Crippen LogP contribution in [0.5, 0.6) is 0 Å². The third-order valence-corrected chi connectivity index (χ3v) is 5.02. The van der Waals surface area contributed by atoms with Crippen LogP contribution in [-0.2, 0) is 13.1 Å². The topological polar surface area (TPSA) is 29.9 Å². The van der Waals surface area contributed by atoms with Gasteiger partial charge in [0.05, 0.1) is 11.2 Å². The molecule has 1 fully saturated rings. The molecule has 21 heavy (non-hydrogen) atoms. The third kappa shape index (κ3) is 3.13. The number of hydrogen-bond acceptors (Lipinski definition) is 2. The first-order valence-corrected chi connectivity index (χ1v) is 8.49. The molecule has 1 heterocycles. The molecule has 1 saturated carbocycles. The van der Waals surface area contributed by atoms with Crippen LogP contribution in [0.2, 0.25) is 0 Å². The first-order chi connectivity index (χ1) is 10.3. The van der Waals surface area contributed by atoms with Crippen LogP contribution in [0.1, 0.15) is 51.6 Å². The molecule has 0 radical (unpaired) electrons. The van der Waals surface area contributed by atoms with E-state index in [1.165, 1.54) is 48.7 Å². The van der Waals surface area contributed by atoms with Crippen molar-refractivity contribution in [2.24, 2.45) is 5.92 Å². The highest BCUT2D eigenvalue weighted by Gasteiger charge is 2.20. The Kier molecular flexibility index (Phi) is 4.59. The number of nitrogens with one attached hydrogen (secondary N) is 1. The molecule has 3 rings (SSSR count). The maximum atomic E-state index is 4.78. The zero-order chi connectivity index (χ0) is 14.7. The summed E-state index contributed by atoms with van der Waals surface area (Å²) in [5, 5.41) is 9.81. The van der Waals surface area contributed by atoms with Crippen LogP contribution in [-0.4, -0.2) is 15.8 Å². The molecule has 3 heteroatoms. The fourth-order valence-corrected chi connectivity index (χ4v) is 3.58. The highest BCUT2D eigenvalue weighted by molar-refractivity contribution is 5.81. The van der Waals surface area contributed by atoms with Crippen LogP contribution >= 0.6 is 0 Å². The molecule has 1 aromatic heterocycles. The minimum Gasteiger partial charge on any atom is -0.308 e. The predicted molar refractivity (Wildman–Crippen MR) is 88.3 cm³/mol. The number of para-hydroxylation sites is 1. The molecule has 1 N–H and O–H groups in total. The van der Waals surface area contributed by atoms with E-state index in [0.29, 0.717) is 6.04 Å². The lowest BCUT2D eigenvalue weighted by molar-refractivity contribution is 0.284. The molecule has 3 nitrogen and oxygen atoms in total. The third-order valence-electron chi connectivity index (χ3n) is 5.02. The van der Waals surface area contributed by atoms with Crippen molar-refractivity contribution in [2.75, 3.05) is 0 Å². The maximum absolute atomic E-state index is 4.78. The number of nitrogens with zero attached hydrogens (tertiary/aromatic N) is 2. The second kappa shape index (κ2) is 6.61. The number of benzene rings is 1. The molecule has 0 spiro atoms. The Bertz CT molecular complexity index is 579. The zero-order valence-electron chi connectivity index (χ0n) is 13.3. The number of aryl methyl sites for hydroxylation is 1. The maximum Gasteiger partial charge on any atom is 0.0841 e. The fraction of sp³-hybridized carbons (Fsp3) is 0.611. The van der Waals surface area contributed by atoms with E-state index >= 15 is 0 Å². The van der Waals surface area contributed by atoms with Crippen molar-refractivity contribution in [3.05, 3.63) is 30.0 Å². The molecule has 1 aliphatic rings. The van der Waals surface area contributed by atoms with Crippen LogP contribution in [0.3, 0.4) is 0 Å². The first kappa shape index (κ1) is 14.6. The van der Waals surface area contributed by atoms with Gasteiger partial charge in [0.1, 0.15) is 0 Å². The standard InChI is InChI=1S/C18H27N3/c1-3-14-9-11-15(12-10-14)19-13-17-16-7-5-6-8-18(16)21(4-2)20-17/h5-8,14-15,19H,3-4,9-13H2,1-2H3. The van der Waals surface area contributed by atoms with Gasteiger partial charge in [-0.2, -0.15) is 5.10 Å². The van der Waals surface area contributed by atoms with Crippen LogP contribution in [0.4, 0.5) is 0 Å². The Morgan fingerprint density at radius 3 is 2.62 bits per heavy atom. The van der Waals surface area contributed by atoms with E-state index in [1.807, 2.05) is 0 Å². The van der Waals surface area contributed by atoms with E-state index in [1.54, 1.807) is 0 Å². The number of aromatic nitrogens is 2. The Morgan fingerprint density at radius 2 is 1.90 bits per heavy atom. The summed E-state index contributed by atoms with van der Waals surface area (Å²) in [6.45, 7) is 6.31. The molecule has 0 bridgehead atoms. The van der Waals surface area contributed by atoms with Crippen LogP contribution < -0.4 is 5.32 Å². The molecule has 0 aliphatic heterocycles. The number of hydrogen-bond donors (Lipinski definition) is 1. The lowest BCUT2D eigenvalue weighted by Gasteiger charge is -2.28. The predicted octanol–water partition coefficient (Wildman–Crippen LogP) is 4.11. The minimum atomic E-state index is 0.679. The van der Waals surface area contributed by atoms with Crippen molar-refractivity contribution in [3.63, 3.8) is 0 Å². The van der Waals surface area contributed by atoms with Gasteiger partial charge in [0.25, 0.3) is 0 Å². The average molecular weight is 285 g/mol. The highest BCUT2D eigenvalue weighted by Crippen LogP contribution is 2.27. The highest BCUT2D eigenvalue weighted by atomic mass is 15.3. The van der Waals surface area contributed by atoms with Gasteiger partial charge in [-0.15, -0.1) is 0 Å². The summed E-state index contributed by atoms with van der Waals surface area (Å²) < 4.78 is 2.11. The van der Waals surface area contributed by atoms with E-state index in [2.05, 4.69) is 48.1 Å². The lowest BCUT2D eigenvalue weighted by Crippen LogP contribution is -2.32. The second-order valence-electron chi connectivity index (χ2n) is 6.29. The molecular formula is C18H27N3. The van der Waals surface area contributed by atoms with Crippen molar-refractivity contribution < 1.29 is 0 Å². The van der Waals surface area contributed by atoms with E-state index in [4.69, 9.17) is 5.10 Å². The largest absolute Gasteiger partial charge is 0.308 e. The molecule has 1 aliphatic carbocycles. The average Bonchev–Trinajstić information content (AvgIpc) is 2.91. The summed E-state index contributed by atoms with van der Waals surface area (Å²) in [5.41, 5.74) is 2.46. The normalized spacial score (nSPS) is 22.8. The zero-order valence-corrected chi connectivity index (χ0v) is 13.3. The van der Waals surface area contributed by atoms with Crippen LogP contribution in [0, 0.1) is 5.92 Å². The van der Waals surface area contributed by atoms with Gasteiger partial charge in [0.2, 0.25) is 0 Å². The SMILES string of the molecule is CCC1CCC(NCc2nn(CC)c3ccccc23)CC1. The Morgan fingerprint density at radius 1 is 1.14 bits per heavy atom. The summed E-state index contributed by atoms with van der Waals surface area (Å²) in [6.07, 6.45) is 6.77. The Hall–Kier alpha value is -1.35. The van der Waals surface area contributed by atoms with Gasteiger partial charge in [-0.05, 0) is 44.6 Å². The summed E-state index contributed by atoms with van der Waals surface area (Å²) in [6, 6.07) is 9.25. The van der Waals surface area contributed by atoms with Crippen molar-refractivity contribution in [1.29, 1.82) is 0 Å². The molecule has 1 aromatic carbocycles. The minimum absolute atomic E-state index is 0.679. The van der Waals surface area contributed by atoms with E-state index < -0.39 is 0 Å². The molecular weight excluding hydrogens is 258 g/mol. The van der Waals surface area contributed by atoms with Gasteiger partial charge in [-0.3, -0.25) is 4.68 Å².